The Bertz CT molecular complexity index is 789. The maximum atomic E-state index is 12.6. The number of hydrogen-bond donors (Lipinski definition) is 2. The summed E-state index contributed by atoms with van der Waals surface area (Å²) in [5.74, 6) is 1.64. The molecule has 9 nitrogen and oxygen atoms in total. The van der Waals surface area contributed by atoms with E-state index in [4.69, 9.17) is 0 Å². The molecule has 0 aliphatic carbocycles. The minimum Gasteiger partial charge on any atom is -0.349 e. The lowest BCUT2D eigenvalue weighted by molar-refractivity contribution is -0.131. The van der Waals surface area contributed by atoms with E-state index in [1.54, 1.807) is 0 Å². The Hall–Kier alpha value is -2.71. The number of amides is 2. The number of aromatic amines is 1. The van der Waals surface area contributed by atoms with E-state index in [1.165, 1.54) is 6.92 Å². The van der Waals surface area contributed by atoms with Gasteiger partial charge in [0, 0.05) is 45.1 Å². The summed E-state index contributed by atoms with van der Waals surface area (Å²) < 4.78 is 2.01. The van der Waals surface area contributed by atoms with Gasteiger partial charge in [0.25, 0.3) is 0 Å². The fourth-order valence-electron chi connectivity index (χ4n) is 3.30. The standard InChI is InChI=1S/C17H25N7O2/c1-11-14(12(2)20-19-11)4-5-17(26)23-7-6-15-21-22-16(10-18-13(3)25)24(15)9-8-23/h4-10H2,1-3H3,(H,18,25)(H,19,20). The van der Waals surface area contributed by atoms with Crippen LogP contribution in [0.3, 0.4) is 0 Å². The summed E-state index contributed by atoms with van der Waals surface area (Å²) in [7, 11) is 0. The number of H-pyrrole nitrogens is 1. The summed E-state index contributed by atoms with van der Waals surface area (Å²) in [6.07, 6.45) is 1.84. The van der Waals surface area contributed by atoms with Crippen molar-refractivity contribution in [2.24, 2.45) is 0 Å². The maximum Gasteiger partial charge on any atom is 0.222 e. The zero-order valence-corrected chi connectivity index (χ0v) is 15.5. The summed E-state index contributed by atoms with van der Waals surface area (Å²) >= 11 is 0. The first kappa shape index (κ1) is 18.1. The van der Waals surface area contributed by atoms with Gasteiger partial charge in [0.2, 0.25) is 11.8 Å². The van der Waals surface area contributed by atoms with Crippen molar-refractivity contribution in [3.63, 3.8) is 0 Å². The van der Waals surface area contributed by atoms with Gasteiger partial charge in [-0.15, -0.1) is 10.2 Å². The van der Waals surface area contributed by atoms with Gasteiger partial charge >= 0.3 is 0 Å². The van der Waals surface area contributed by atoms with E-state index in [0.29, 0.717) is 45.4 Å². The van der Waals surface area contributed by atoms with Crippen molar-refractivity contribution in [2.75, 3.05) is 13.1 Å². The molecule has 0 unspecified atom stereocenters. The van der Waals surface area contributed by atoms with Crippen LogP contribution in [0.2, 0.25) is 0 Å². The average molecular weight is 359 g/mol. The van der Waals surface area contributed by atoms with Gasteiger partial charge in [-0.3, -0.25) is 14.7 Å². The van der Waals surface area contributed by atoms with E-state index < -0.39 is 0 Å². The lowest BCUT2D eigenvalue weighted by Gasteiger charge is -2.20. The van der Waals surface area contributed by atoms with E-state index in [0.717, 1.165) is 28.6 Å². The van der Waals surface area contributed by atoms with Crippen LogP contribution < -0.4 is 5.32 Å². The van der Waals surface area contributed by atoms with Crippen LogP contribution in [0.1, 0.15) is 41.9 Å². The smallest absolute Gasteiger partial charge is 0.222 e. The van der Waals surface area contributed by atoms with E-state index in [9.17, 15) is 9.59 Å². The number of aromatic nitrogens is 5. The molecule has 0 bridgehead atoms. The van der Waals surface area contributed by atoms with Crippen LogP contribution in [0.5, 0.6) is 0 Å². The molecule has 140 valence electrons. The van der Waals surface area contributed by atoms with Crippen LogP contribution >= 0.6 is 0 Å². The molecular formula is C17H25N7O2. The molecule has 1 aliphatic heterocycles. The Kier molecular flexibility index (Phi) is 5.34. The van der Waals surface area contributed by atoms with Crippen LogP contribution in [-0.4, -0.2) is 54.8 Å². The van der Waals surface area contributed by atoms with Crippen LogP contribution in [0, 0.1) is 13.8 Å². The van der Waals surface area contributed by atoms with Gasteiger partial charge in [0.1, 0.15) is 5.82 Å². The molecule has 2 aromatic heterocycles. The number of carbonyl (C=O) groups is 2. The molecule has 3 rings (SSSR count). The number of carbonyl (C=O) groups excluding carboxylic acids is 2. The highest BCUT2D eigenvalue weighted by Crippen LogP contribution is 2.14. The molecule has 0 atom stereocenters. The number of fused-ring (bicyclic) bond motifs is 1. The predicted octanol–water partition coefficient (Wildman–Crippen LogP) is 0.272. The van der Waals surface area contributed by atoms with Crippen molar-refractivity contribution in [2.45, 2.75) is 53.1 Å². The van der Waals surface area contributed by atoms with E-state index in [-0.39, 0.29) is 11.8 Å². The molecule has 0 aromatic carbocycles. The summed E-state index contributed by atoms with van der Waals surface area (Å²) in [6, 6.07) is 0. The Morgan fingerprint density at radius 3 is 2.69 bits per heavy atom. The van der Waals surface area contributed by atoms with Gasteiger partial charge in [-0.25, -0.2) is 0 Å². The van der Waals surface area contributed by atoms with Crippen molar-refractivity contribution in [1.82, 2.24) is 35.2 Å². The molecule has 0 fully saturated rings. The molecule has 0 saturated heterocycles. The number of hydrogen-bond acceptors (Lipinski definition) is 5. The molecule has 9 heteroatoms. The first-order valence-corrected chi connectivity index (χ1v) is 8.89. The quantitative estimate of drug-likeness (QED) is 0.797. The molecular weight excluding hydrogens is 334 g/mol. The van der Waals surface area contributed by atoms with Crippen LogP contribution in [-0.2, 0) is 35.5 Å². The van der Waals surface area contributed by atoms with Crippen LogP contribution in [0.25, 0.3) is 0 Å². The molecule has 0 spiro atoms. The Morgan fingerprint density at radius 1 is 1.19 bits per heavy atom. The third-order valence-corrected chi connectivity index (χ3v) is 4.82. The lowest BCUT2D eigenvalue weighted by Crippen LogP contribution is -2.34. The van der Waals surface area contributed by atoms with Gasteiger partial charge in [0.15, 0.2) is 5.82 Å². The van der Waals surface area contributed by atoms with E-state index in [1.807, 2.05) is 23.3 Å². The molecule has 0 radical (unpaired) electrons. The van der Waals surface area contributed by atoms with Crippen molar-refractivity contribution >= 4 is 11.8 Å². The third kappa shape index (κ3) is 3.92. The molecule has 3 heterocycles. The molecule has 26 heavy (non-hydrogen) atoms. The highest BCUT2D eigenvalue weighted by molar-refractivity contribution is 5.76. The Balaban J connectivity index is 1.58. The Labute approximate surface area is 152 Å². The molecule has 0 saturated carbocycles. The second-order valence-corrected chi connectivity index (χ2v) is 6.64. The van der Waals surface area contributed by atoms with Crippen molar-refractivity contribution in [3.05, 3.63) is 28.6 Å². The monoisotopic (exact) mass is 359 g/mol. The fraction of sp³-hybridized carbons (Fsp3) is 0.588. The van der Waals surface area contributed by atoms with Gasteiger partial charge < -0.3 is 14.8 Å². The van der Waals surface area contributed by atoms with Crippen molar-refractivity contribution in [3.8, 4) is 0 Å². The summed E-state index contributed by atoms with van der Waals surface area (Å²) in [5, 5.41) is 18.3. The second-order valence-electron chi connectivity index (χ2n) is 6.64. The number of nitrogens with one attached hydrogen (secondary N) is 2. The highest BCUT2D eigenvalue weighted by atomic mass is 16.2. The van der Waals surface area contributed by atoms with E-state index in [2.05, 4.69) is 25.7 Å². The second kappa shape index (κ2) is 7.67. The van der Waals surface area contributed by atoms with Crippen LogP contribution in [0.15, 0.2) is 0 Å². The summed E-state index contributed by atoms with van der Waals surface area (Å²) in [6.45, 7) is 7.68. The zero-order valence-electron chi connectivity index (χ0n) is 15.5. The lowest BCUT2D eigenvalue weighted by atomic mass is 10.1. The number of aryl methyl sites for hydroxylation is 2. The minimum atomic E-state index is -0.0994. The van der Waals surface area contributed by atoms with E-state index >= 15 is 0 Å². The van der Waals surface area contributed by atoms with Gasteiger partial charge in [-0.1, -0.05) is 0 Å². The van der Waals surface area contributed by atoms with Gasteiger partial charge in [-0.2, -0.15) is 5.10 Å². The fourth-order valence-corrected chi connectivity index (χ4v) is 3.30. The molecule has 2 N–H and O–H groups in total. The maximum absolute atomic E-state index is 12.6. The van der Waals surface area contributed by atoms with Crippen molar-refractivity contribution < 1.29 is 9.59 Å². The first-order valence-electron chi connectivity index (χ1n) is 8.89. The summed E-state index contributed by atoms with van der Waals surface area (Å²) in [5.41, 5.74) is 3.11. The topological polar surface area (TPSA) is 109 Å². The molecule has 2 amide bonds. The molecule has 1 aliphatic rings. The Morgan fingerprint density at radius 2 is 2.00 bits per heavy atom. The van der Waals surface area contributed by atoms with Crippen LogP contribution in [0.4, 0.5) is 0 Å². The third-order valence-electron chi connectivity index (χ3n) is 4.82. The predicted molar refractivity (Wildman–Crippen MR) is 94.2 cm³/mol. The average Bonchev–Trinajstić information content (AvgIpc) is 3.06. The molecule has 2 aromatic rings. The zero-order chi connectivity index (χ0) is 18.7. The summed E-state index contributed by atoms with van der Waals surface area (Å²) in [4.78, 5) is 25.6. The van der Waals surface area contributed by atoms with Gasteiger partial charge in [0.05, 0.1) is 12.2 Å². The number of rotatable bonds is 5. The first-order chi connectivity index (χ1) is 12.5. The minimum absolute atomic E-state index is 0.0994. The number of nitrogens with zero attached hydrogens (tertiary/aromatic N) is 5. The largest absolute Gasteiger partial charge is 0.349 e. The van der Waals surface area contributed by atoms with Gasteiger partial charge in [-0.05, 0) is 25.8 Å². The van der Waals surface area contributed by atoms with Crippen molar-refractivity contribution in [1.29, 1.82) is 0 Å². The highest BCUT2D eigenvalue weighted by Gasteiger charge is 2.22. The SMILES string of the molecule is CC(=O)NCc1nnc2n1CCN(C(=O)CCc1c(C)n[nH]c1C)CC2. The normalized spacial score (nSPS) is 14.0.